The highest BCUT2D eigenvalue weighted by Gasteiger charge is 2.16. The molecule has 29 heavy (non-hydrogen) atoms. The van der Waals surface area contributed by atoms with Crippen molar-refractivity contribution in [1.82, 2.24) is 10.2 Å². The average Bonchev–Trinajstić information content (AvgIpc) is 2.69. The number of hydrogen-bond acceptors (Lipinski definition) is 6. The number of nitriles is 2. The molecular formula is C19H20F2N4O4. The SMILES string of the molecule is N#CCCN(CCC#N)C(=O)COC(=O)CCCNC(=O)c1ccc(F)cc1F. The van der Waals surface area contributed by atoms with Crippen molar-refractivity contribution in [1.29, 1.82) is 10.5 Å². The molecule has 0 radical (unpaired) electrons. The summed E-state index contributed by atoms with van der Waals surface area (Å²) in [4.78, 5) is 36.8. The molecule has 0 unspecified atom stereocenters. The van der Waals surface area contributed by atoms with Crippen molar-refractivity contribution in [3.8, 4) is 12.1 Å². The Balaban J connectivity index is 2.32. The minimum absolute atomic E-state index is 0.0508. The van der Waals surface area contributed by atoms with Gasteiger partial charge >= 0.3 is 5.97 Å². The number of nitrogens with one attached hydrogen (secondary N) is 1. The zero-order chi connectivity index (χ0) is 21.6. The minimum Gasteiger partial charge on any atom is -0.456 e. The summed E-state index contributed by atoms with van der Waals surface area (Å²) in [6.45, 7) is -0.181. The van der Waals surface area contributed by atoms with E-state index in [9.17, 15) is 23.2 Å². The largest absolute Gasteiger partial charge is 0.456 e. The molecule has 0 heterocycles. The summed E-state index contributed by atoms with van der Waals surface area (Å²) in [5.74, 6) is -3.70. The zero-order valence-electron chi connectivity index (χ0n) is 15.6. The Morgan fingerprint density at radius 1 is 1.10 bits per heavy atom. The molecule has 0 spiro atoms. The van der Waals surface area contributed by atoms with E-state index in [2.05, 4.69) is 5.32 Å². The van der Waals surface area contributed by atoms with Crippen LogP contribution in [-0.4, -0.2) is 48.9 Å². The normalized spacial score (nSPS) is 9.79. The number of esters is 1. The smallest absolute Gasteiger partial charge is 0.306 e. The van der Waals surface area contributed by atoms with Crippen LogP contribution in [0.5, 0.6) is 0 Å². The van der Waals surface area contributed by atoms with E-state index < -0.39 is 36.0 Å². The first-order valence-electron chi connectivity index (χ1n) is 8.79. The molecular weight excluding hydrogens is 386 g/mol. The van der Waals surface area contributed by atoms with E-state index in [1.807, 2.05) is 12.1 Å². The fourth-order valence-electron chi connectivity index (χ4n) is 2.24. The lowest BCUT2D eigenvalue weighted by molar-refractivity contribution is -0.152. The van der Waals surface area contributed by atoms with Crippen LogP contribution in [0.25, 0.3) is 0 Å². The zero-order valence-corrected chi connectivity index (χ0v) is 15.6. The van der Waals surface area contributed by atoms with Crippen molar-refractivity contribution in [2.24, 2.45) is 0 Å². The molecule has 1 N–H and O–H groups in total. The van der Waals surface area contributed by atoms with Crippen molar-refractivity contribution in [3.05, 3.63) is 35.4 Å². The maximum Gasteiger partial charge on any atom is 0.306 e. The summed E-state index contributed by atoms with van der Waals surface area (Å²) in [5, 5.41) is 19.6. The Hall–Kier alpha value is -3.53. The maximum absolute atomic E-state index is 13.5. The van der Waals surface area contributed by atoms with Crippen LogP contribution in [-0.2, 0) is 14.3 Å². The van der Waals surface area contributed by atoms with E-state index in [-0.39, 0.29) is 50.9 Å². The predicted octanol–water partition coefficient (Wildman–Crippen LogP) is 1.67. The summed E-state index contributed by atoms with van der Waals surface area (Å²) in [5.41, 5.74) is -0.311. The number of benzene rings is 1. The third-order valence-corrected chi connectivity index (χ3v) is 3.72. The molecule has 1 rings (SSSR count). The van der Waals surface area contributed by atoms with E-state index in [0.717, 1.165) is 12.1 Å². The van der Waals surface area contributed by atoms with Crippen LogP contribution in [0.1, 0.15) is 36.0 Å². The van der Waals surface area contributed by atoms with Crippen LogP contribution in [0.15, 0.2) is 18.2 Å². The van der Waals surface area contributed by atoms with Gasteiger partial charge in [0.05, 0.1) is 30.5 Å². The molecule has 1 aromatic rings. The second-order valence-corrected chi connectivity index (χ2v) is 5.84. The van der Waals surface area contributed by atoms with Gasteiger partial charge in [-0.05, 0) is 18.6 Å². The number of carbonyl (C=O) groups excluding carboxylic acids is 3. The number of halogens is 2. The van der Waals surface area contributed by atoms with Gasteiger partial charge in [0.2, 0.25) is 0 Å². The molecule has 154 valence electrons. The Bertz CT molecular complexity index is 799. The average molecular weight is 406 g/mol. The molecule has 0 aromatic heterocycles. The monoisotopic (exact) mass is 406 g/mol. The highest BCUT2D eigenvalue weighted by Crippen LogP contribution is 2.09. The van der Waals surface area contributed by atoms with E-state index in [1.54, 1.807) is 0 Å². The molecule has 0 aliphatic heterocycles. The fraction of sp³-hybridized carbons (Fsp3) is 0.421. The van der Waals surface area contributed by atoms with Gasteiger partial charge in [-0.25, -0.2) is 8.78 Å². The van der Waals surface area contributed by atoms with Gasteiger partial charge in [-0.3, -0.25) is 14.4 Å². The van der Waals surface area contributed by atoms with Gasteiger partial charge in [0.1, 0.15) is 11.6 Å². The van der Waals surface area contributed by atoms with Gasteiger partial charge in [0.15, 0.2) is 6.61 Å². The number of hydrogen-bond donors (Lipinski definition) is 1. The molecule has 0 aliphatic carbocycles. The molecule has 0 aliphatic rings. The summed E-state index contributed by atoms with van der Waals surface area (Å²) < 4.78 is 31.2. The molecule has 0 saturated carbocycles. The van der Waals surface area contributed by atoms with E-state index >= 15 is 0 Å². The van der Waals surface area contributed by atoms with Crippen LogP contribution >= 0.6 is 0 Å². The fourth-order valence-corrected chi connectivity index (χ4v) is 2.24. The molecule has 1 aromatic carbocycles. The van der Waals surface area contributed by atoms with E-state index in [0.29, 0.717) is 6.07 Å². The molecule has 0 fully saturated rings. The standard InChI is InChI=1S/C19H20F2N4O4/c20-14-5-6-15(16(21)12-14)19(28)24-9-1-4-18(27)29-13-17(26)25(10-2-7-22)11-3-8-23/h5-6,12H,1-4,9-11,13H2,(H,24,28). The van der Waals surface area contributed by atoms with Gasteiger partial charge in [0.25, 0.3) is 11.8 Å². The molecule has 10 heteroatoms. The first-order valence-corrected chi connectivity index (χ1v) is 8.79. The number of rotatable bonds is 11. The summed E-state index contributed by atoms with van der Waals surface area (Å²) in [7, 11) is 0. The van der Waals surface area contributed by atoms with Crippen molar-refractivity contribution >= 4 is 17.8 Å². The van der Waals surface area contributed by atoms with Crippen molar-refractivity contribution < 1.29 is 27.9 Å². The Morgan fingerprint density at radius 2 is 1.76 bits per heavy atom. The predicted molar refractivity (Wildman–Crippen MR) is 95.9 cm³/mol. The van der Waals surface area contributed by atoms with Gasteiger partial charge in [-0.1, -0.05) is 0 Å². The molecule has 8 nitrogen and oxygen atoms in total. The Labute approximate surface area is 166 Å². The van der Waals surface area contributed by atoms with Crippen LogP contribution in [0.4, 0.5) is 8.78 Å². The lowest BCUT2D eigenvalue weighted by Gasteiger charge is -2.20. The number of nitrogens with zero attached hydrogens (tertiary/aromatic N) is 3. The third-order valence-electron chi connectivity index (χ3n) is 3.72. The third kappa shape index (κ3) is 8.80. The first-order chi connectivity index (χ1) is 13.9. The Kier molecular flexibility index (Phi) is 10.4. The summed E-state index contributed by atoms with van der Waals surface area (Å²) >= 11 is 0. The van der Waals surface area contributed by atoms with Gasteiger partial charge in [-0.2, -0.15) is 10.5 Å². The van der Waals surface area contributed by atoms with Gasteiger partial charge < -0.3 is 15.0 Å². The molecule has 0 atom stereocenters. The Morgan fingerprint density at radius 3 is 2.34 bits per heavy atom. The second-order valence-electron chi connectivity index (χ2n) is 5.84. The van der Waals surface area contributed by atoms with Crippen LogP contribution in [0, 0.1) is 34.3 Å². The maximum atomic E-state index is 13.5. The van der Waals surface area contributed by atoms with Crippen molar-refractivity contribution in [2.45, 2.75) is 25.7 Å². The minimum atomic E-state index is -0.988. The van der Waals surface area contributed by atoms with Crippen molar-refractivity contribution in [3.63, 3.8) is 0 Å². The first kappa shape index (κ1) is 23.5. The molecule has 2 amide bonds. The summed E-state index contributed by atoms with van der Waals surface area (Å²) in [6, 6.07) is 6.37. The lowest BCUT2D eigenvalue weighted by Crippen LogP contribution is -2.36. The lowest BCUT2D eigenvalue weighted by atomic mass is 10.2. The number of ether oxygens (including phenoxy) is 1. The van der Waals surface area contributed by atoms with Crippen LogP contribution < -0.4 is 5.32 Å². The van der Waals surface area contributed by atoms with E-state index in [1.165, 1.54) is 4.90 Å². The highest BCUT2D eigenvalue weighted by atomic mass is 19.1. The van der Waals surface area contributed by atoms with Gasteiger partial charge in [0, 0.05) is 32.1 Å². The van der Waals surface area contributed by atoms with Crippen molar-refractivity contribution in [2.75, 3.05) is 26.2 Å². The second kappa shape index (κ2) is 12.8. The van der Waals surface area contributed by atoms with Gasteiger partial charge in [-0.15, -0.1) is 0 Å². The molecule has 0 bridgehead atoms. The van der Waals surface area contributed by atoms with Crippen LogP contribution in [0.2, 0.25) is 0 Å². The highest BCUT2D eigenvalue weighted by molar-refractivity contribution is 5.94. The topological polar surface area (TPSA) is 123 Å². The quantitative estimate of drug-likeness (QED) is 0.440. The number of amides is 2. The number of carbonyl (C=O) groups is 3. The summed E-state index contributed by atoms with van der Waals surface area (Å²) in [6.07, 6.45) is 0.295. The van der Waals surface area contributed by atoms with E-state index in [4.69, 9.17) is 15.3 Å². The van der Waals surface area contributed by atoms with Crippen LogP contribution in [0.3, 0.4) is 0 Å². The molecule has 0 saturated heterocycles.